The Labute approximate surface area is 112 Å². The van der Waals surface area contributed by atoms with Crippen molar-refractivity contribution < 1.29 is 9.53 Å². The predicted octanol–water partition coefficient (Wildman–Crippen LogP) is 1.21. The van der Waals surface area contributed by atoms with Crippen molar-refractivity contribution >= 4 is 11.7 Å². The van der Waals surface area contributed by atoms with E-state index in [1.165, 1.54) is 0 Å². The predicted molar refractivity (Wildman–Crippen MR) is 72.1 cm³/mol. The van der Waals surface area contributed by atoms with E-state index in [4.69, 9.17) is 4.74 Å². The Morgan fingerprint density at radius 2 is 2.37 bits per heavy atom. The summed E-state index contributed by atoms with van der Waals surface area (Å²) in [5.41, 5.74) is 0.344. The molecule has 1 saturated heterocycles. The van der Waals surface area contributed by atoms with Gasteiger partial charge in [-0.05, 0) is 31.4 Å². The number of aromatic nitrogens is 2. The van der Waals surface area contributed by atoms with Gasteiger partial charge in [-0.2, -0.15) is 0 Å². The van der Waals surface area contributed by atoms with Crippen LogP contribution in [-0.4, -0.2) is 41.9 Å². The molecule has 0 aliphatic carbocycles. The molecule has 2 N–H and O–H groups in total. The number of carbonyl (C=O) groups excluding carboxylic acids is 1. The monoisotopic (exact) mass is 264 g/mol. The van der Waals surface area contributed by atoms with Crippen molar-refractivity contribution in [3.05, 3.63) is 17.8 Å². The fourth-order valence-corrected chi connectivity index (χ4v) is 1.90. The summed E-state index contributed by atoms with van der Waals surface area (Å²) in [4.78, 5) is 11.6. The molecular formula is C13H20N4O2. The molecule has 0 radical (unpaired) electrons. The first kappa shape index (κ1) is 13.7. The van der Waals surface area contributed by atoms with Gasteiger partial charge >= 0.3 is 0 Å². The molecule has 1 atom stereocenters. The summed E-state index contributed by atoms with van der Waals surface area (Å²) in [5, 5.41) is 13.8. The molecule has 1 amide bonds. The normalized spacial score (nSPS) is 18.3. The van der Waals surface area contributed by atoms with Crippen molar-refractivity contribution in [1.29, 1.82) is 0 Å². The van der Waals surface area contributed by atoms with E-state index >= 15 is 0 Å². The summed E-state index contributed by atoms with van der Waals surface area (Å²) in [6, 6.07) is 3.44. The molecule has 1 aliphatic rings. The second-order valence-corrected chi connectivity index (χ2v) is 4.58. The molecule has 1 unspecified atom stereocenters. The minimum atomic E-state index is -0.181. The SMILES string of the molecule is CCCNC(=O)c1ccc(NCC2CCCO2)nn1. The van der Waals surface area contributed by atoms with Crippen LogP contribution in [0.4, 0.5) is 5.82 Å². The minimum absolute atomic E-state index is 0.181. The number of hydrogen-bond donors (Lipinski definition) is 2. The Bertz CT molecular complexity index is 402. The highest BCUT2D eigenvalue weighted by molar-refractivity contribution is 5.92. The molecule has 1 aromatic heterocycles. The van der Waals surface area contributed by atoms with Crippen LogP contribution in [-0.2, 0) is 4.74 Å². The van der Waals surface area contributed by atoms with Crippen LogP contribution in [0.15, 0.2) is 12.1 Å². The van der Waals surface area contributed by atoms with Crippen molar-refractivity contribution in [2.75, 3.05) is 25.0 Å². The van der Waals surface area contributed by atoms with Gasteiger partial charge in [0.2, 0.25) is 0 Å². The van der Waals surface area contributed by atoms with E-state index in [1.807, 2.05) is 6.92 Å². The van der Waals surface area contributed by atoms with Crippen LogP contribution in [0.1, 0.15) is 36.7 Å². The lowest BCUT2D eigenvalue weighted by Gasteiger charge is -2.10. The van der Waals surface area contributed by atoms with Crippen LogP contribution in [0.2, 0.25) is 0 Å². The molecule has 6 heteroatoms. The Morgan fingerprint density at radius 1 is 1.47 bits per heavy atom. The standard InChI is InChI=1S/C13H20N4O2/c1-2-7-14-13(18)11-5-6-12(17-16-11)15-9-10-4-3-8-19-10/h5-6,10H,2-4,7-9H2,1H3,(H,14,18)(H,15,17). The van der Waals surface area contributed by atoms with E-state index < -0.39 is 0 Å². The van der Waals surface area contributed by atoms with E-state index in [0.29, 0.717) is 18.1 Å². The number of carbonyl (C=O) groups is 1. The Morgan fingerprint density at radius 3 is 3.00 bits per heavy atom. The van der Waals surface area contributed by atoms with Gasteiger partial charge in [-0.3, -0.25) is 4.79 Å². The fraction of sp³-hybridized carbons (Fsp3) is 0.615. The maximum absolute atomic E-state index is 11.6. The second-order valence-electron chi connectivity index (χ2n) is 4.58. The van der Waals surface area contributed by atoms with Crippen LogP contribution in [0.25, 0.3) is 0 Å². The highest BCUT2D eigenvalue weighted by atomic mass is 16.5. The molecule has 6 nitrogen and oxygen atoms in total. The van der Waals surface area contributed by atoms with Crippen LogP contribution >= 0.6 is 0 Å². The Kier molecular flexibility index (Phi) is 5.09. The molecule has 2 rings (SSSR count). The van der Waals surface area contributed by atoms with Crippen molar-refractivity contribution in [3.63, 3.8) is 0 Å². The molecule has 104 valence electrons. The summed E-state index contributed by atoms with van der Waals surface area (Å²) in [7, 11) is 0. The molecule has 1 aromatic rings. The zero-order valence-electron chi connectivity index (χ0n) is 11.2. The van der Waals surface area contributed by atoms with Crippen LogP contribution in [0.5, 0.6) is 0 Å². The van der Waals surface area contributed by atoms with Crippen LogP contribution in [0.3, 0.4) is 0 Å². The minimum Gasteiger partial charge on any atom is -0.376 e. The second kappa shape index (κ2) is 7.04. The van der Waals surface area contributed by atoms with E-state index in [-0.39, 0.29) is 12.0 Å². The number of anilines is 1. The lowest BCUT2D eigenvalue weighted by Crippen LogP contribution is -2.25. The van der Waals surface area contributed by atoms with E-state index in [2.05, 4.69) is 20.8 Å². The third-order valence-corrected chi connectivity index (χ3v) is 2.97. The summed E-state index contributed by atoms with van der Waals surface area (Å²) < 4.78 is 5.51. The number of nitrogens with zero attached hydrogens (tertiary/aromatic N) is 2. The maximum atomic E-state index is 11.6. The summed E-state index contributed by atoms with van der Waals surface area (Å²) >= 11 is 0. The average Bonchev–Trinajstić information content (AvgIpc) is 2.96. The lowest BCUT2D eigenvalue weighted by molar-refractivity contribution is 0.0947. The van der Waals surface area contributed by atoms with Gasteiger partial charge in [-0.15, -0.1) is 10.2 Å². The quantitative estimate of drug-likeness (QED) is 0.807. The zero-order chi connectivity index (χ0) is 13.5. The third-order valence-electron chi connectivity index (χ3n) is 2.97. The van der Waals surface area contributed by atoms with E-state index in [9.17, 15) is 4.79 Å². The molecule has 0 saturated carbocycles. The van der Waals surface area contributed by atoms with Crippen molar-refractivity contribution in [3.8, 4) is 0 Å². The van der Waals surface area contributed by atoms with Crippen molar-refractivity contribution in [2.24, 2.45) is 0 Å². The van der Waals surface area contributed by atoms with Gasteiger partial charge in [0.1, 0.15) is 5.82 Å². The molecule has 1 fully saturated rings. The average molecular weight is 264 g/mol. The number of ether oxygens (including phenoxy) is 1. The summed E-state index contributed by atoms with van der Waals surface area (Å²) in [6.07, 6.45) is 3.36. The summed E-state index contributed by atoms with van der Waals surface area (Å²) in [6.45, 7) is 4.23. The van der Waals surface area contributed by atoms with Gasteiger partial charge in [-0.25, -0.2) is 0 Å². The number of rotatable bonds is 6. The largest absolute Gasteiger partial charge is 0.376 e. The van der Waals surface area contributed by atoms with Crippen molar-refractivity contribution in [2.45, 2.75) is 32.3 Å². The van der Waals surface area contributed by atoms with E-state index in [1.54, 1.807) is 12.1 Å². The molecule has 19 heavy (non-hydrogen) atoms. The van der Waals surface area contributed by atoms with Gasteiger partial charge < -0.3 is 15.4 Å². The molecule has 0 spiro atoms. The van der Waals surface area contributed by atoms with Gasteiger partial charge in [0.15, 0.2) is 5.69 Å². The zero-order valence-corrected chi connectivity index (χ0v) is 11.2. The first-order valence-corrected chi connectivity index (χ1v) is 6.77. The molecule has 2 heterocycles. The molecule has 0 bridgehead atoms. The van der Waals surface area contributed by atoms with E-state index in [0.717, 1.165) is 32.4 Å². The molecule has 1 aliphatic heterocycles. The lowest BCUT2D eigenvalue weighted by atomic mass is 10.2. The third kappa shape index (κ3) is 4.17. The molecular weight excluding hydrogens is 244 g/mol. The van der Waals surface area contributed by atoms with Gasteiger partial charge in [0, 0.05) is 19.7 Å². The number of amides is 1. The molecule has 0 aromatic carbocycles. The summed E-state index contributed by atoms with van der Waals surface area (Å²) in [5.74, 6) is 0.488. The first-order chi connectivity index (χ1) is 9.29. The van der Waals surface area contributed by atoms with Gasteiger partial charge in [0.25, 0.3) is 5.91 Å². The number of hydrogen-bond acceptors (Lipinski definition) is 5. The topological polar surface area (TPSA) is 76.1 Å². The fourth-order valence-electron chi connectivity index (χ4n) is 1.90. The van der Waals surface area contributed by atoms with Gasteiger partial charge in [-0.1, -0.05) is 6.92 Å². The number of nitrogens with one attached hydrogen (secondary N) is 2. The van der Waals surface area contributed by atoms with Crippen molar-refractivity contribution in [1.82, 2.24) is 15.5 Å². The maximum Gasteiger partial charge on any atom is 0.271 e. The highest BCUT2D eigenvalue weighted by Crippen LogP contribution is 2.12. The smallest absolute Gasteiger partial charge is 0.271 e. The van der Waals surface area contributed by atoms with Crippen LogP contribution in [0, 0.1) is 0 Å². The van der Waals surface area contributed by atoms with Crippen LogP contribution < -0.4 is 10.6 Å². The highest BCUT2D eigenvalue weighted by Gasteiger charge is 2.15. The first-order valence-electron chi connectivity index (χ1n) is 6.77. The Hall–Kier alpha value is -1.69. The Balaban J connectivity index is 1.81. The van der Waals surface area contributed by atoms with Gasteiger partial charge in [0.05, 0.1) is 6.10 Å².